The van der Waals surface area contributed by atoms with E-state index in [4.69, 9.17) is 9.47 Å². The molecule has 0 bridgehead atoms. The summed E-state index contributed by atoms with van der Waals surface area (Å²) in [6.07, 6.45) is 0. The van der Waals surface area contributed by atoms with E-state index in [1.807, 2.05) is 12.1 Å². The Labute approximate surface area is 169 Å². The molecular formula is C20H12CdO5. The molecule has 26 heavy (non-hydrogen) atoms. The zero-order chi connectivity index (χ0) is 17.2. The number of aromatic hydroxyl groups is 2. The normalized spacial score (nSPS) is 15.2. The Morgan fingerprint density at radius 2 is 1.35 bits per heavy atom. The molecule has 3 aromatic rings. The number of phenolic OH excluding ortho intramolecular Hbond substituents is 2. The van der Waals surface area contributed by atoms with Gasteiger partial charge >= 0.3 is 5.97 Å². The number of phenols is 2. The summed E-state index contributed by atoms with van der Waals surface area (Å²) in [6, 6.07) is 16.6. The van der Waals surface area contributed by atoms with E-state index in [9.17, 15) is 15.0 Å². The fraction of sp³-hybridized carbons (Fsp3) is 0.0500. The Morgan fingerprint density at radius 1 is 0.769 bits per heavy atom. The maximum Gasteiger partial charge on any atom is 0.340 e. The Hall–Kier alpha value is -2.55. The van der Waals surface area contributed by atoms with E-state index in [2.05, 4.69) is 0 Å². The van der Waals surface area contributed by atoms with Crippen LogP contribution >= 0.6 is 0 Å². The summed E-state index contributed by atoms with van der Waals surface area (Å²) in [5.41, 5.74) is 1.28. The molecule has 2 aliphatic heterocycles. The van der Waals surface area contributed by atoms with Gasteiger partial charge in [-0.15, -0.1) is 0 Å². The molecule has 124 valence electrons. The SMILES string of the molecule is O=C1OC2(c3ccc(O)cc3Oc3cc(O)ccc32)c2ccccc21.[Cd]. The smallest absolute Gasteiger partial charge is 0.340 e. The summed E-state index contributed by atoms with van der Waals surface area (Å²) in [7, 11) is 0. The van der Waals surface area contributed by atoms with Crippen LogP contribution < -0.4 is 4.74 Å². The molecule has 5 rings (SSSR count). The van der Waals surface area contributed by atoms with Gasteiger partial charge in [-0.3, -0.25) is 0 Å². The molecule has 2 N–H and O–H groups in total. The average Bonchev–Trinajstić information content (AvgIpc) is 2.88. The monoisotopic (exact) mass is 446 g/mol. The van der Waals surface area contributed by atoms with Crippen molar-refractivity contribution in [2.45, 2.75) is 5.60 Å². The van der Waals surface area contributed by atoms with Gasteiger partial charge in [0, 0.05) is 56.1 Å². The first-order valence-corrected chi connectivity index (χ1v) is 7.77. The Morgan fingerprint density at radius 3 is 1.96 bits per heavy atom. The minimum Gasteiger partial charge on any atom is -0.508 e. The van der Waals surface area contributed by atoms with E-state index in [1.165, 1.54) is 24.3 Å². The van der Waals surface area contributed by atoms with Gasteiger partial charge in [-0.05, 0) is 30.3 Å². The first-order valence-electron chi connectivity index (χ1n) is 7.77. The topological polar surface area (TPSA) is 76.0 Å². The van der Waals surface area contributed by atoms with Crippen LogP contribution in [0, 0.1) is 0 Å². The van der Waals surface area contributed by atoms with Crippen LogP contribution in [-0.4, -0.2) is 16.2 Å². The Bertz CT molecular complexity index is 1010. The van der Waals surface area contributed by atoms with Gasteiger partial charge in [-0.2, -0.15) is 0 Å². The van der Waals surface area contributed by atoms with Crippen LogP contribution in [0.3, 0.4) is 0 Å². The number of hydrogen-bond acceptors (Lipinski definition) is 5. The number of esters is 1. The number of rotatable bonds is 0. The maximum absolute atomic E-state index is 12.5. The Balaban J connectivity index is 0.00000168. The zero-order valence-electron chi connectivity index (χ0n) is 13.6. The van der Waals surface area contributed by atoms with Gasteiger partial charge in [0.1, 0.15) is 23.0 Å². The van der Waals surface area contributed by atoms with Gasteiger partial charge in [0.05, 0.1) is 5.56 Å². The molecule has 1 spiro atoms. The van der Waals surface area contributed by atoms with Gasteiger partial charge in [-0.1, -0.05) is 18.2 Å². The molecule has 0 radical (unpaired) electrons. The van der Waals surface area contributed by atoms with Crippen LogP contribution in [0.5, 0.6) is 23.0 Å². The van der Waals surface area contributed by atoms with Crippen molar-refractivity contribution in [2.75, 3.05) is 0 Å². The number of carbonyl (C=O) groups excluding carboxylic acids is 1. The molecule has 0 saturated carbocycles. The van der Waals surface area contributed by atoms with Crippen LogP contribution in [0.4, 0.5) is 0 Å². The van der Waals surface area contributed by atoms with Crippen LogP contribution in [0.15, 0.2) is 60.7 Å². The standard InChI is InChI=1S/C20H12O5.Cd/c21-11-5-7-15-17(9-11)24-18-10-12(22)6-8-16(18)20(15)14-4-2-1-3-13(14)19(23)25-20;/h1-10,21-22H;. The van der Waals surface area contributed by atoms with Crippen LogP contribution in [-0.2, 0) is 37.6 Å². The van der Waals surface area contributed by atoms with Gasteiger partial charge < -0.3 is 19.7 Å². The molecule has 3 aromatic carbocycles. The molecule has 5 nitrogen and oxygen atoms in total. The number of ether oxygens (including phenoxy) is 2. The van der Waals surface area contributed by atoms with Gasteiger partial charge in [-0.25, -0.2) is 4.79 Å². The minimum absolute atomic E-state index is 0. The first kappa shape index (κ1) is 16.9. The second-order valence-corrected chi connectivity index (χ2v) is 6.08. The van der Waals surface area contributed by atoms with Crippen molar-refractivity contribution < 1.29 is 51.8 Å². The molecule has 0 unspecified atom stereocenters. The van der Waals surface area contributed by atoms with Crippen molar-refractivity contribution in [3.8, 4) is 23.0 Å². The Kier molecular flexibility index (Phi) is 3.73. The molecule has 6 heteroatoms. The third-order valence-corrected chi connectivity index (χ3v) is 4.68. The van der Waals surface area contributed by atoms with Crippen molar-refractivity contribution >= 4 is 5.97 Å². The summed E-state index contributed by atoms with van der Waals surface area (Å²) < 4.78 is 11.8. The second-order valence-electron chi connectivity index (χ2n) is 6.08. The van der Waals surface area contributed by atoms with Crippen molar-refractivity contribution in [3.63, 3.8) is 0 Å². The number of benzene rings is 3. The zero-order valence-corrected chi connectivity index (χ0v) is 17.6. The third-order valence-electron chi connectivity index (χ3n) is 4.68. The minimum atomic E-state index is -1.17. The van der Waals surface area contributed by atoms with E-state index < -0.39 is 11.6 Å². The van der Waals surface area contributed by atoms with Crippen LogP contribution in [0.25, 0.3) is 0 Å². The van der Waals surface area contributed by atoms with Crippen molar-refractivity contribution in [1.82, 2.24) is 0 Å². The summed E-state index contributed by atoms with van der Waals surface area (Å²) in [4.78, 5) is 12.5. The quantitative estimate of drug-likeness (QED) is 0.409. The summed E-state index contributed by atoms with van der Waals surface area (Å²) >= 11 is 0. The molecule has 2 heterocycles. The van der Waals surface area contributed by atoms with E-state index in [1.54, 1.807) is 24.3 Å². The largest absolute Gasteiger partial charge is 0.508 e. The van der Waals surface area contributed by atoms with Crippen LogP contribution in [0.1, 0.15) is 27.0 Å². The molecule has 0 amide bonds. The van der Waals surface area contributed by atoms with Gasteiger partial charge in [0.25, 0.3) is 0 Å². The molecule has 0 saturated heterocycles. The summed E-state index contributed by atoms with van der Waals surface area (Å²) in [5, 5.41) is 19.7. The predicted molar refractivity (Wildman–Crippen MR) is 88.0 cm³/mol. The van der Waals surface area contributed by atoms with Gasteiger partial charge in [0.2, 0.25) is 0 Å². The van der Waals surface area contributed by atoms with E-state index >= 15 is 0 Å². The number of fused-ring (bicyclic) bond motifs is 6. The second kappa shape index (κ2) is 5.73. The van der Waals surface area contributed by atoms with Crippen molar-refractivity contribution in [2.24, 2.45) is 0 Å². The van der Waals surface area contributed by atoms with Crippen LogP contribution in [0.2, 0.25) is 0 Å². The predicted octanol–water partition coefficient (Wildman–Crippen LogP) is 3.66. The number of hydrogen-bond donors (Lipinski definition) is 2. The molecule has 0 aromatic heterocycles. The summed E-state index contributed by atoms with van der Waals surface area (Å²) in [6.45, 7) is 0. The molecule has 0 atom stereocenters. The molecule has 0 fully saturated rings. The maximum atomic E-state index is 12.5. The third kappa shape index (κ3) is 2.09. The molecule has 0 aliphatic carbocycles. The van der Waals surface area contributed by atoms with E-state index in [-0.39, 0.29) is 38.8 Å². The fourth-order valence-corrected chi connectivity index (χ4v) is 3.65. The first-order chi connectivity index (χ1) is 12.1. The van der Waals surface area contributed by atoms with E-state index in [0.29, 0.717) is 33.8 Å². The summed E-state index contributed by atoms with van der Waals surface area (Å²) in [5.74, 6) is 0.408. The van der Waals surface area contributed by atoms with Gasteiger partial charge in [0.15, 0.2) is 5.60 Å². The van der Waals surface area contributed by atoms with Crippen molar-refractivity contribution in [3.05, 3.63) is 82.9 Å². The molecular weight excluding hydrogens is 433 g/mol. The van der Waals surface area contributed by atoms with E-state index in [0.717, 1.165) is 0 Å². The fourth-order valence-electron chi connectivity index (χ4n) is 3.65. The number of carbonyl (C=O) groups is 1. The molecule has 2 aliphatic rings. The van der Waals surface area contributed by atoms with Crippen molar-refractivity contribution in [1.29, 1.82) is 0 Å². The average molecular weight is 445 g/mol.